The van der Waals surface area contributed by atoms with Crippen LogP contribution in [0.1, 0.15) is 63.0 Å². The number of imidazole rings is 1. The van der Waals surface area contributed by atoms with Crippen molar-refractivity contribution in [3.63, 3.8) is 0 Å². The number of aromatic nitrogens is 4. The van der Waals surface area contributed by atoms with Gasteiger partial charge in [0.1, 0.15) is 5.82 Å². The highest BCUT2D eigenvalue weighted by Gasteiger charge is 2.29. The van der Waals surface area contributed by atoms with Crippen LogP contribution in [0.3, 0.4) is 0 Å². The molecule has 4 rings (SSSR count). The summed E-state index contributed by atoms with van der Waals surface area (Å²) in [7, 11) is 0. The van der Waals surface area contributed by atoms with Crippen LogP contribution in [-0.4, -0.2) is 44.1 Å². The molecule has 3 aromatic rings. The fourth-order valence-corrected chi connectivity index (χ4v) is 3.52. The van der Waals surface area contributed by atoms with Crippen LogP contribution in [0.4, 0.5) is 10.5 Å². The summed E-state index contributed by atoms with van der Waals surface area (Å²) in [6.07, 6.45) is 2.71. The molecule has 0 bridgehead atoms. The lowest BCUT2D eigenvalue weighted by molar-refractivity contribution is 0.184. The minimum atomic E-state index is -0.108. The van der Waals surface area contributed by atoms with Crippen LogP contribution in [-0.2, 0) is 6.42 Å². The minimum absolute atomic E-state index is 0.0849. The quantitative estimate of drug-likeness (QED) is 0.709. The fraction of sp³-hybridized carbons (Fsp3) is 0.500. The number of nitrogens with zero attached hydrogens (tertiary/aromatic N) is 4. The number of fused-ring (bicyclic) bond motifs is 1. The van der Waals surface area contributed by atoms with Crippen LogP contribution in [0.2, 0.25) is 0 Å². The maximum absolute atomic E-state index is 12.8. The predicted octanol–water partition coefficient (Wildman–Crippen LogP) is 4.04. The number of nitrogens with one attached hydrogen (secondary N) is 2. The summed E-state index contributed by atoms with van der Waals surface area (Å²) in [6.45, 7) is 7.43. The number of rotatable bonds is 4. The van der Waals surface area contributed by atoms with Gasteiger partial charge in [0, 0.05) is 31.1 Å². The van der Waals surface area contributed by atoms with E-state index < -0.39 is 0 Å². The van der Waals surface area contributed by atoms with E-state index in [0.717, 1.165) is 54.2 Å². The number of carbonyl (C=O) groups is 1. The van der Waals surface area contributed by atoms with Crippen molar-refractivity contribution < 1.29 is 9.32 Å². The molecule has 2 N–H and O–H groups in total. The lowest BCUT2D eigenvalue weighted by Crippen LogP contribution is -2.41. The SMILES string of the molecule is CCc1nc2ccc(NC(=O)N3CCC[C@@H](c4nc(C(C)C)no4)C3)cc2[nH]1. The maximum atomic E-state index is 12.8. The molecule has 0 unspecified atom stereocenters. The number of hydrogen-bond donors (Lipinski definition) is 2. The molecule has 1 saturated heterocycles. The van der Waals surface area contributed by atoms with Crippen LogP contribution >= 0.6 is 0 Å². The molecule has 0 saturated carbocycles. The van der Waals surface area contributed by atoms with Crippen molar-refractivity contribution in [1.29, 1.82) is 0 Å². The Morgan fingerprint density at radius 2 is 2.25 bits per heavy atom. The third-order valence-corrected chi connectivity index (χ3v) is 5.15. The topological polar surface area (TPSA) is 99.9 Å². The Balaban J connectivity index is 1.43. The highest BCUT2D eigenvalue weighted by molar-refractivity contribution is 5.92. The zero-order valence-electron chi connectivity index (χ0n) is 16.5. The van der Waals surface area contributed by atoms with Gasteiger partial charge in [0.05, 0.1) is 17.0 Å². The highest BCUT2D eigenvalue weighted by Crippen LogP contribution is 2.27. The zero-order chi connectivity index (χ0) is 19.7. The summed E-state index contributed by atoms with van der Waals surface area (Å²) < 4.78 is 5.44. The van der Waals surface area contributed by atoms with Crippen LogP contribution in [0.15, 0.2) is 22.7 Å². The number of H-pyrrole nitrogens is 1. The molecule has 1 atom stereocenters. The van der Waals surface area contributed by atoms with Gasteiger partial charge in [0.25, 0.3) is 0 Å². The second-order valence-corrected chi connectivity index (χ2v) is 7.63. The molecular formula is C20H26N6O2. The predicted molar refractivity (Wildman–Crippen MR) is 106 cm³/mol. The molecule has 3 heterocycles. The average Bonchev–Trinajstić information content (AvgIpc) is 3.35. The van der Waals surface area contributed by atoms with Crippen LogP contribution in [0.25, 0.3) is 11.0 Å². The summed E-state index contributed by atoms with van der Waals surface area (Å²) >= 11 is 0. The van der Waals surface area contributed by atoms with Gasteiger partial charge in [0.2, 0.25) is 5.89 Å². The molecule has 2 amide bonds. The first-order valence-electron chi connectivity index (χ1n) is 9.91. The number of aromatic amines is 1. The number of amides is 2. The zero-order valence-corrected chi connectivity index (χ0v) is 16.5. The van der Waals surface area contributed by atoms with Gasteiger partial charge in [-0.25, -0.2) is 9.78 Å². The van der Waals surface area contributed by atoms with Gasteiger partial charge in [-0.15, -0.1) is 0 Å². The van der Waals surface area contributed by atoms with Crippen molar-refractivity contribution in [2.24, 2.45) is 0 Å². The summed E-state index contributed by atoms with van der Waals surface area (Å²) in [4.78, 5) is 26.9. The molecular weight excluding hydrogens is 356 g/mol. The standard InChI is InChI=1S/C20H26N6O2/c1-4-17-22-15-8-7-14(10-16(15)23-17)21-20(27)26-9-5-6-13(11-26)19-24-18(12(2)3)25-28-19/h7-8,10,12-13H,4-6,9,11H2,1-3H3,(H,21,27)(H,22,23)/t13-/m1/s1. The van der Waals surface area contributed by atoms with E-state index >= 15 is 0 Å². The van der Waals surface area contributed by atoms with Crippen LogP contribution in [0.5, 0.6) is 0 Å². The summed E-state index contributed by atoms with van der Waals surface area (Å²) in [6, 6.07) is 5.62. The van der Waals surface area contributed by atoms with E-state index in [1.54, 1.807) is 0 Å². The van der Waals surface area contributed by atoms with Crippen LogP contribution < -0.4 is 5.32 Å². The third kappa shape index (κ3) is 3.72. The largest absolute Gasteiger partial charge is 0.342 e. The molecule has 28 heavy (non-hydrogen) atoms. The Morgan fingerprint density at radius 3 is 3.00 bits per heavy atom. The van der Waals surface area contributed by atoms with Crippen molar-refractivity contribution in [2.45, 2.75) is 51.9 Å². The van der Waals surface area contributed by atoms with E-state index in [-0.39, 0.29) is 17.9 Å². The average molecular weight is 382 g/mol. The summed E-state index contributed by atoms with van der Waals surface area (Å²) in [5, 5.41) is 7.05. The lowest BCUT2D eigenvalue weighted by Gasteiger charge is -2.31. The van der Waals surface area contributed by atoms with Crippen molar-refractivity contribution in [3.05, 3.63) is 35.7 Å². The molecule has 0 radical (unpaired) electrons. The maximum Gasteiger partial charge on any atom is 0.321 e. The molecule has 1 fully saturated rings. The van der Waals surface area contributed by atoms with E-state index in [2.05, 4.69) is 32.3 Å². The number of piperidine rings is 1. The Bertz CT molecular complexity index is 976. The number of benzene rings is 1. The Kier molecular flexibility index (Phi) is 5.02. The number of urea groups is 1. The molecule has 1 aromatic carbocycles. The second-order valence-electron chi connectivity index (χ2n) is 7.63. The molecule has 148 valence electrons. The number of aryl methyl sites for hydroxylation is 1. The molecule has 8 nitrogen and oxygen atoms in total. The Hall–Kier alpha value is -2.90. The third-order valence-electron chi connectivity index (χ3n) is 5.15. The van der Waals surface area contributed by atoms with E-state index in [9.17, 15) is 4.79 Å². The van der Waals surface area contributed by atoms with Gasteiger partial charge in [-0.2, -0.15) is 4.98 Å². The fourth-order valence-electron chi connectivity index (χ4n) is 3.52. The number of carbonyl (C=O) groups excluding carboxylic acids is 1. The van der Waals surface area contributed by atoms with E-state index in [4.69, 9.17) is 4.52 Å². The van der Waals surface area contributed by atoms with Crippen molar-refractivity contribution in [3.8, 4) is 0 Å². The number of hydrogen-bond acceptors (Lipinski definition) is 5. The number of likely N-dealkylation sites (tertiary alicyclic amines) is 1. The van der Waals surface area contributed by atoms with Crippen LogP contribution in [0, 0.1) is 0 Å². The molecule has 2 aromatic heterocycles. The van der Waals surface area contributed by atoms with E-state index in [1.165, 1.54) is 0 Å². The first-order valence-corrected chi connectivity index (χ1v) is 9.91. The minimum Gasteiger partial charge on any atom is -0.342 e. The lowest BCUT2D eigenvalue weighted by atomic mass is 9.98. The summed E-state index contributed by atoms with van der Waals surface area (Å²) in [5.41, 5.74) is 2.59. The Morgan fingerprint density at radius 1 is 1.39 bits per heavy atom. The van der Waals surface area contributed by atoms with E-state index in [0.29, 0.717) is 12.4 Å². The van der Waals surface area contributed by atoms with Crippen molar-refractivity contribution in [1.82, 2.24) is 25.0 Å². The van der Waals surface area contributed by atoms with E-state index in [1.807, 2.05) is 36.9 Å². The highest BCUT2D eigenvalue weighted by atomic mass is 16.5. The van der Waals surface area contributed by atoms with Gasteiger partial charge in [0.15, 0.2) is 5.82 Å². The van der Waals surface area contributed by atoms with Crippen molar-refractivity contribution in [2.75, 3.05) is 18.4 Å². The molecule has 8 heteroatoms. The van der Waals surface area contributed by atoms with Gasteiger partial charge in [-0.05, 0) is 31.0 Å². The molecule has 0 aliphatic carbocycles. The Labute approximate surface area is 163 Å². The first-order chi connectivity index (χ1) is 13.5. The molecule has 1 aliphatic rings. The normalized spacial score (nSPS) is 17.4. The smallest absolute Gasteiger partial charge is 0.321 e. The van der Waals surface area contributed by atoms with Gasteiger partial charge in [-0.3, -0.25) is 0 Å². The summed E-state index contributed by atoms with van der Waals surface area (Å²) in [5.74, 6) is 2.61. The van der Waals surface area contributed by atoms with Gasteiger partial charge < -0.3 is 19.7 Å². The van der Waals surface area contributed by atoms with Gasteiger partial charge >= 0.3 is 6.03 Å². The molecule has 1 aliphatic heterocycles. The second kappa shape index (κ2) is 7.61. The number of anilines is 1. The first kappa shape index (κ1) is 18.5. The monoisotopic (exact) mass is 382 g/mol. The van der Waals surface area contributed by atoms with Crippen molar-refractivity contribution >= 4 is 22.8 Å². The van der Waals surface area contributed by atoms with Gasteiger partial charge in [-0.1, -0.05) is 25.9 Å². The molecule has 0 spiro atoms.